The maximum absolute atomic E-state index is 12.4. The highest BCUT2D eigenvalue weighted by Crippen LogP contribution is 2.39. The normalized spacial score (nSPS) is 11.6. The fourth-order valence-corrected chi connectivity index (χ4v) is 3.93. The molecule has 0 heterocycles. The molecule has 1 amide bonds. The summed E-state index contributed by atoms with van der Waals surface area (Å²) >= 11 is 4.97. The zero-order chi connectivity index (χ0) is 20.0. The molecule has 0 saturated carbocycles. The third-order valence-electron chi connectivity index (χ3n) is 4.06. The third kappa shape index (κ3) is 5.56. The third-order valence-corrected chi connectivity index (χ3v) is 5.73. The maximum atomic E-state index is 12.4. The van der Waals surface area contributed by atoms with Crippen LogP contribution in [0.1, 0.15) is 24.1 Å². The minimum absolute atomic E-state index is 0.0384. The average Bonchev–Trinajstić information content (AvgIpc) is 2.65. The van der Waals surface area contributed by atoms with Gasteiger partial charge < -0.3 is 19.5 Å². The molecule has 0 spiro atoms. The van der Waals surface area contributed by atoms with Crippen LogP contribution in [0, 0.1) is 6.92 Å². The lowest BCUT2D eigenvalue weighted by Gasteiger charge is -2.19. The molecule has 5 nitrogen and oxygen atoms in total. The van der Waals surface area contributed by atoms with Crippen molar-refractivity contribution in [1.29, 1.82) is 0 Å². The minimum Gasteiger partial charge on any atom is -0.493 e. The van der Waals surface area contributed by atoms with Crippen LogP contribution in [0.3, 0.4) is 0 Å². The van der Waals surface area contributed by atoms with Crippen LogP contribution in [-0.4, -0.2) is 33.0 Å². The highest BCUT2D eigenvalue weighted by molar-refractivity contribution is 9.10. The van der Waals surface area contributed by atoms with Crippen molar-refractivity contribution < 1.29 is 19.0 Å². The average molecular weight is 454 g/mol. The van der Waals surface area contributed by atoms with Gasteiger partial charge in [0.1, 0.15) is 0 Å². The Balaban J connectivity index is 2.05. The summed E-state index contributed by atoms with van der Waals surface area (Å²) in [5, 5.41) is 3.02. The summed E-state index contributed by atoms with van der Waals surface area (Å²) in [4.78, 5) is 13.5. The zero-order valence-electron chi connectivity index (χ0n) is 16.1. The van der Waals surface area contributed by atoms with Crippen LogP contribution in [0.4, 0.5) is 0 Å². The number of ether oxygens (including phenoxy) is 3. The molecule has 2 aromatic carbocycles. The molecule has 0 radical (unpaired) electrons. The fourth-order valence-electron chi connectivity index (χ4n) is 2.64. The summed E-state index contributed by atoms with van der Waals surface area (Å²) in [5.41, 5.74) is 2.02. The highest BCUT2D eigenvalue weighted by Gasteiger charge is 2.17. The van der Waals surface area contributed by atoms with Crippen molar-refractivity contribution in [3.05, 3.63) is 45.9 Å². The van der Waals surface area contributed by atoms with Gasteiger partial charge in [0.2, 0.25) is 11.7 Å². The Bertz CT molecular complexity index is 788. The van der Waals surface area contributed by atoms with Gasteiger partial charge in [-0.3, -0.25) is 4.79 Å². The van der Waals surface area contributed by atoms with Crippen molar-refractivity contribution in [3.8, 4) is 17.2 Å². The van der Waals surface area contributed by atoms with Crippen molar-refractivity contribution in [2.75, 3.05) is 27.1 Å². The van der Waals surface area contributed by atoms with Gasteiger partial charge in [-0.05, 0) is 55.3 Å². The van der Waals surface area contributed by atoms with Crippen molar-refractivity contribution in [2.45, 2.75) is 24.8 Å². The van der Waals surface area contributed by atoms with Gasteiger partial charge in [0.15, 0.2) is 11.5 Å². The van der Waals surface area contributed by atoms with E-state index in [4.69, 9.17) is 14.2 Å². The first kappa shape index (κ1) is 21.4. The zero-order valence-corrected chi connectivity index (χ0v) is 18.5. The van der Waals surface area contributed by atoms with Crippen molar-refractivity contribution in [2.24, 2.45) is 0 Å². The first-order valence-corrected chi connectivity index (χ1v) is 10.2. The van der Waals surface area contributed by atoms with Crippen LogP contribution >= 0.6 is 27.7 Å². The van der Waals surface area contributed by atoms with E-state index in [1.54, 1.807) is 21.3 Å². The number of halogens is 1. The van der Waals surface area contributed by atoms with Gasteiger partial charge in [-0.25, -0.2) is 0 Å². The number of hydrogen-bond acceptors (Lipinski definition) is 5. The number of amides is 1. The summed E-state index contributed by atoms with van der Waals surface area (Å²) < 4.78 is 17.1. The van der Waals surface area contributed by atoms with E-state index in [0.29, 0.717) is 23.0 Å². The number of rotatable bonds is 8. The Labute approximate surface area is 172 Å². The van der Waals surface area contributed by atoms with Gasteiger partial charge >= 0.3 is 0 Å². The van der Waals surface area contributed by atoms with E-state index in [0.717, 1.165) is 20.5 Å². The molecule has 7 heteroatoms. The molecule has 2 rings (SSSR count). The van der Waals surface area contributed by atoms with Crippen molar-refractivity contribution >= 4 is 33.6 Å². The number of carbonyl (C=O) groups is 1. The topological polar surface area (TPSA) is 56.8 Å². The first-order valence-electron chi connectivity index (χ1n) is 8.37. The van der Waals surface area contributed by atoms with Crippen molar-refractivity contribution in [3.63, 3.8) is 0 Å². The van der Waals surface area contributed by atoms with Gasteiger partial charge in [-0.1, -0.05) is 15.9 Å². The summed E-state index contributed by atoms with van der Waals surface area (Å²) in [6.07, 6.45) is 0. The number of hydrogen-bond donors (Lipinski definition) is 1. The number of carbonyl (C=O) groups excluding carboxylic acids is 1. The SMILES string of the molecule is COc1cc(C(C)NC(=O)CSc2ccc(Br)cc2C)cc(OC)c1OC. The molecule has 2 aromatic rings. The Hall–Kier alpha value is -1.86. The minimum atomic E-state index is -0.196. The van der Waals surface area contributed by atoms with E-state index in [9.17, 15) is 4.79 Å². The van der Waals surface area contributed by atoms with Gasteiger partial charge in [-0.15, -0.1) is 11.8 Å². The smallest absolute Gasteiger partial charge is 0.230 e. The molecular weight excluding hydrogens is 430 g/mol. The molecule has 0 aromatic heterocycles. The molecule has 0 bridgehead atoms. The molecule has 0 saturated heterocycles. The van der Waals surface area contributed by atoms with Crippen LogP contribution in [-0.2, 0) is 4.79 Å². The van der Waals surface area contributed by atoms with Gasteiger partial charge in [0.05, 0.1) is 33.1 Å². The molecule has 146 valence electrons. The quantitative estimate of drug-likeness (QED) is 0.584. The lowest BCUT2D eigenvalue weighted by molar-refractivity contribution is -0.119. The molecule has 1 atom stereocenters. The Morgan fingerprint density at radius 1 is 1.11 bits per heavy atom. The van der Waals surface area contributed by atoms with Gasteiger partial charge in [0, 0.05) is 9.37 Å². The summed E-state index contributed by atoms with van der Waals surface area (Å²) in [7, 11) is 4.70. The summed E-state index contributed by atoms with van der Waals surface area (Å²) in [5.74, 6) is 1.96. The van der Waals surface area contributed by atoms with E-state index >= 15 is 0 Å². The first-order chi connectivity index (χ1) is 12.9. The van der Waals surface area contributed by atoms with Crippen LogP contribution in [0.15, 0.2) is 39.7 Å². The predicted molar refractivity (Wildman–Crippen MR) is 112 cm³/mol. The number of benzene rings is 2. The Kier molecular flexibility index (Phi) is 7.86. The molecule has 0 aliphatic carbocycles. The van der Waals surface area contributed by atoms with Crippen LogP contribution in [0.25, 0.3) is 0 Å². The molecule has 0 aliphatic heterocycles. The van der Waals surface area contributed by atoms with E-state index in [-0.39, 0.29) is 11.9 Å². The van der Waals surface area contributed by atoms with Crippen molar-refractivity contribution in [1.82, 2.24) is 5.32 Å². The van der Waals surface area contributed by atoms with Gasteiger partial charge in [-0.2, -0.15) is 0 Å². The number of nitrogens with one attached hydrogen (secondary N) is 1. The number of aryl methyl sites for hydroxylation is 1. The van der Waals surface area contributed by atoms with Crippen LogP contribution in [0.2, 0.25) is 0 Å². The van der Waals surface area contributed by atoms with E-state index in [2.05, 4.69) is 21.2 Å². The molecular formula is C20H24BrNO4S. The lowest BCUT2D eigenvalue weighted by atomic mass is 10.1. The maximum Gasteiger partial charge on any atom is 0.230 e. The van der Waals surface area contributed by atoms with Crippen LogP contribution < -0.4 is 19.5 Å². The summed E-state index contributed by atoms with van der Waals surface area (Å²) in [6, 6.07) is 9.53. The number of methoxy groups -OCH3 is 3. The van der Waals surface area contributed by atoms with E-state index in [1.165, 1.54) is 11.8 Å². The Morgan fingerprint density at radius 3 is 2.26 bits per heavy atom. The fraction of sp³-hybridized carbons (Fsp3) is 0.350. The second-order valence-electron chi connectivity index (χ2n) is 5.95. The molecule has 27 heavy (non-hydrogen) atoms. The van der Waals surface area contributed by atoms with E-state index < -0.39 is 0 Å². The van der Waals surface area contributed by atoms with Crippen LogP contribution in [0.5, 0.6) is 17.2 Å². The summed E-state index contributed by atoms with van der Waals surface area (Å²) in [6.45, 7) is 3.96. The number of thioether (sulfide) groups is 1. The lowest BCUT2D eigenvalue weighted by Crippen LogP contribution is -2.28. The van der Waals surface area contributed by atoms with Gasteiger partial charge in [0.25, 0.3) is 0 Å². The standard InChI is InChI=1S/C20H24BrNO4S/c1-12-8-15(21)6-7-18(12)27-11-19(23)22-13(2)14-9-16(24-3)20(26-5)17(10-14)25-4/h6-10,13H,11H2,1-5H3,(H,22,23). The second-order valence-corrected chi connectivity index (χ2v) is 7.88. The second kappa shape index (κ2) is 9.90. The highest BCUT2D eigenvalue weighted by atomic mass is 79.9. The molecule has 0 fully saturated rings. The monoisotopic (exact) mass is 453 g/mol. The molecule has 0 aliphatic rings. The van der Waals surface area contributed by atoms with E-state index in [1.807, 2.05) is 44.2 Å². The molecule has 1 N–H and O–H groups in total. The predicted octanol–water partition coefficient (Wildman–Crippen LogP) is 4.75. The molecule has 1 unspecified atom stereocenters. The Morgan fingerprint density at radius 2 is 1.74 bits per heavy atom. The largest absolute Gasteiger partial charge is 0.493 e.